The highest BCUT2D eigenvalue weighted by molar-refractivity contribution is 5.66. The van der Waals surface area contributed by atoms with Crippen molar-refractivity contribution in [2.45, 2.75) is 32.4 Å². The maximum atomic E-state index is 12.7. The van der Waals surface area contributed by atoms with Crippen molar-refractivity contribution < 1.29 is 23.1 Å². The van der Waals surface area contributed by atoms with E-state index < -0.39 is 17.8 Å². The first-order valence-corrected chi connectivity index (χ1v) is 7.20. The Hall–Kier alpha value is -1.79. The van der Waals surface area contributed by atoms with Gasteiger partial charge in [-0.05, 0) is 44.2 Å². The summed E-state index contributed by atoms with van der Waals surface area (Å²) in [5.41, 5.74) is 0.126. The van der Waals surface area contributed by atoms with Crippen LogP contribution in [0.2, 0.25) is 0 Å². The predicted molar refractivity (Wildman–Crippen MR) is 72.4 cm³/mol. The molecule has 120 valence electrons. The summed E-state index contributed by atoms with van der Waals surface area (Å²) in [5.74, 6) is 0.389. The smallest absolute Gasteiger partial charge is 0.418 e. The number of alkyl halides is 3. The second-order valence-corrected chi connectivity index (χ2v) is 6.55. The molecule has 2 heterocycles. The third-order valence-corrected chi connectivity index (χ3v) is 4.71. The highest BCUT2D eigenvalue weighted by atomic mass is 19.4. The molecule has 1 aliphatic carbocycles. The molecule has 1 saturated heterocycles. The van der Waals surface area contributed by atoms with Crippen LogP contribution in [0.4, 0.5) is 18.0 Å². The zero-order valence-electron chi connectivity index (χ0n) is 12.2. The average Bonchev–Trinajstić information content (AvgIpc) is 2.28. The van der Waals surface area contributed by atoms with Crippen LogP contribution in [0.1, 0.15) is 29.8 Å². The molecule has 2 fully saturated rings. The first-order valence-electron chi connectivity index (χ1n) is 7.20. The van der Waals surface area contributed by atoms with Gasteiger partial charge in [-0.3, -0.25) is 4.98 Å². The summed E-state index contributed by atoms with van der Waals surface area (Å²) in [5, 5.41) is 8.83. The molecule has 1 N–H and O–H groups in total. The van der Waals surface area contributed by atoms with E-state index in [1.807, 2.05) is 0 Å². The monoisotopic (exact) mass is 314 g/mol. The second-order valence-electron chi connectivity index (χ2n) is 6.55. The lowest BCUT2D eigenvalue weighted by Gasteiger charge is -2.58. The molecule has 1 aromatic heterocycles. The van der Waals surface area contributed by atoms with Crippen molar-refractivity contribution in [2.75, 3.05) is 13.1 Å². The minimum absolute atomic E-state index is 0.0136. The molecule has 1 aliphatic heterocycles. The molecule has 22 heavy (non-hydrogen) atoms. The fourth-order valence-corrected chi connectivity index (χ4v) is 3.79. The first kappa shape index (κ1) is 15.1. The molecule has 1 saturated carbocycles. The van der Waals surface area contributed by atoms with Gasteiger partial charge in [0.15, 0.2) is 0 Å². The van der Waals surface area contributed by atoms with Crippen LogP contribution >= 0.6 is 0 Å². The van der Waals surface area contributed by atoms with E-state index in [-0.39, 0.29) is 11.1 Å². The molecular weight excluding hydrogens is 297 g/mol. The van der Waals surface area contributed by atoms with Crippen molar-refractivity contribution in [1.29, 1.82) is 0 Å². The first-order chi connectivity index (χ1) is 10.2. The van der Waals surface area contributed by atoms with Crippen LogP contribution in [0.25, 0.3) is 0 Å². The van der Waals surface area contributed by atoms with Crippen molar-refractivity contribution in [3.05, 3.63) is 29.1 Å². The topological polar surface area (TPSA) is 53.4 Å². The fourth-order valence-electron chi connectivity index (χ4n) is 3.79. The van der Waals surface area contributed by atoms with Crippen LogP contribution in [-0.4, -0.2) is 34.2 Å². The van der Waals surface area contributed by atoms with Gasteiger partial charge in [-0.15, -0.1) is 0 Å². The maximum absolute atomic E-state index is 12.7. The third-order valence-electron chi connectivity index (χ3n) is 4.71. The highest BCUT2D eigenvalue weighted by Gasteiger charge is 2.53. The van der Waals surface area contributed by atoms with E-state index in [0.717, 1.165) is 18.9 Å². The lowest BCUT2D eigenvalue weighted by Crippen LogP contribution is -2.63. The number of likely N-dealkylation sites (tertiary alicyclic amines) is 1. The molecule has 0 unspecified atom stereocenters. The van der Waals surface area contributed by atoms with E-state index in [4.69, 9.17) is 5.11 Å². The number of aryl methyl sites for hydroxylation is 1. The van der Waals surface area contributed by atoms with E-state index in [1.165, 1.54) is 17.9 Å². The van der Waals surface area contributed by atoms with Crippen molar-refractivity contribution in [2.24, 2.45) is 11.3 Å². The minimum Gasteiger partial charge on any atom is -0.465 e. The quantitative estimate of drug-likeness (QED) is 0.911. The molecule has 0 aromatic carbocycles. The molecule has 2 aliphatic rings. The van der Waals surface area contributed by atoms with Crippen LogP contribution in [0.3, 0.4) is 0 Å². The number of nitrogens with zero attached hydrogens (tertiary/aromatic N) is 2. The summed E-state index contributed by atoms with van der Waals surface area (Å²) in [7, 11) is 0. The minimum atomic E-state index is -4.36. The average molecular weight is 314 g/mol. The van der Waals surface area contributed by atoms with Crippen LogP contribution < -0.4 is 0 Å². The largest absolute Gasteiger partial charge is 0.465 e. The molecule has 1 aromatic rings. The van der Waals surface area contributed by atoms with Gasteiger partial charge in [-0.1, -0.05) is 0 Å². The standard InChI is InChI=1S/C15H17F3N2O2/c1-9-12(15(16,17)18)3-2-11(19-9)4-10-5-14(6-10)7-20(8-14)13(21)22/h2-3,10H,4-8H2,1H3,(H,21,22). The number of hydrogen-bond acceptors (Lipinski definition) is 2. The third kappa shape index (κ3) is 2.64. The van der Waals surface area contributed by atoms with Crippen molar-refractivity contribution in [3.63, 3.8) is 0 Å². The van der Waals surface area contributed by atoms with E-state index in [9.17, 15) is 18.0 Å². The van der Waals surface area contributed by atoms with Gasteiger partial charge in [0.05, 0.1) is 5.56 Å². The van der Waals surface area contributed by atoms with Gasteiger partial charge in [0, 0.05) is 29.9 Å². The number of pyridine rings is 1. The summed E-state index contributed by atoms with van der Waals surface area (Å²) in [6.07, 6.45) is -2.72. The summed E-state index contributed by atoms with van der Waals surface area (Å²) >= 11 is 0. The SMILES string of the molecule is Cc1nc(CC2CC3(C2)CN(C(=O)O)C3)ccc1C(F)(F)F. The number of carboxylic acid groups (broad SMARTS) is 1. The van der Waals surface area contributed by atoms with Crippen LogP contribution in [0, 0.1) is 18.3 Å². The number of aromatic nitrogens is 1. The van der Waals surface area contributed by atoms with Crippen molar-refractivity contribution >= 4 is 6.09 Å². The van der Waals surface area contributed by atoms with Gasteiger partial charge in [-0.25, -0.2) is 4.79 Å². The van der Waals surface area contributed by atoms with Gasteiger partial charge >= 0.3 is 12.3 Å². The Bertz CT molecular complexity index is 601. The molecule has 1 spiro atoms. The number of carbonyl (C=O) groups is 1. The van der Waals surface area contributed by atoms with E-state index >= 15 is 0 Å². The van der Waals surface area contributed by atoms with Crippen molar-refractivity contribution in [3.8, 4) is 0 Å². The van der Waals surface area contributed by atoms with Crippen LogP contribution in [0.15, 0.2) is 12.1 Å². The van der Waals surface area contributed by atoms with Crippen LogP contribution in [0.5, 0.6) is 0 Å². The molecule has 0 bridgehead atoms. The number of rotatable bonds is 2. The predicted octanol–water partition coefficient (Wildman–Crippen LogP) is 3.34. The maximum Gasteiger partial charge on any atom is 0.418 e. The van der Waals surface area contributed by atoms with Crippen molar-refractivity contribution in [1.82, 2.24) is 9.88 Å². The van der Waals surface area contributed by atoms with Gasteiger partial charge in [-0.2, -0.15) is 13.2 Å². The van der Waals surface area contributed by atoms with Gasteiger partial charge in [0.1, 0.15) is 0 Å². The number of hydrogen-bond donors (Lipinski definition) is 1. The summed E-state index contributed by atoms with van der Waals surface area (Å²) in [6, 6.07) is 2.55. The number of halogens is 3. The summed E-state index contributed by atoms with van der Waals surface area (Å²) in [4.78, 5) is 16.2. The van der Waals surface area contributed by atoms with Crippen LogP contribution in [-0.2, 0) is 12.6 Å². The normalized spacial score (nSPS) is 20.6. The Balaban J connectivity index is 1.56. The molecule has 0 radical (unpaired) electrons. The Morgan fingerprint density at radius 3 is 2.55 bits per heavy atom. The highest BCUT2D eigenvalue weighted by Crippen LogP contribution is 2.52. The number of amides is 1. The Morgan fingerprint density at radius 2 is 2.05 bits per heavy atom. The zero-order valence-corrected chi connectivity index (χ0v) is 12.2. The second kappa shape index (κ2) is 4.86. The molecule has 3 rings (SSSR count). The Kier molecular flexibility index (Phi) is 3.34. The van der Waals surface area contributed by atoms with E-state index in [2.05, 4.69) is 4.98 Å². The lowest BCUT2D eigenvalue weighted by molar-refractivity contribution is -0.138. The fraction of sp³-hybridized carbons (Fsp3) is 0.600. The Morgan fingerprint density at radius 1 is 1.41 bits per heavy atom. The Labute approximate surface area is 126 Å². The van der Waals surface area contributed by atoms with Gasteiger partial charge < -0.3 is 10.0 Å². The van der Waals surface area contributed by atoms with E-state index in [0.29, 0.717) is 31.1 Å². The van der Waals surface area contributed by atoms with Gasteiger partial charge in [0.25, 0.3) is 0 Å². The zero-order chi connectivity index (χ0) is 16.1. The molecule has 7 heteroatoms. The molecule has 1 amide bonds. The molecular formula is C15H17F3N2O2. The van der Waals surface area contributed by atoms with E-state index in [1.54, 1.807) is 0 Å². The molecule has 0 atom stereocenters. The van der Waals surface area contributed by atoms with Gasteiger partial charge in [0.2, 0.25) is 0 Å². The summed E-state index contributed by atoms with van der Waals surface area (Å²) in [6.45, 7) is 2.54. The summed E-state index contributed by atoms with van der Waals surface area (Å²) < 4.78 is 38.1. The lowest BCUT2D eigenvalue weighted by atomic mass is 9.57. The molecule has 4 nitrogen and oxygen atoms in total.